The molecular weight excluding hydrogens is 187 g/mol. The molecule has 0 saturated heterocycles. The third-order valence-corrected chi connectivity index (χ3v) is 1.56. The summed E-state index contributed by atoms with van der Waals surface area (Å²) in [6.07, 6.45) is 3.13. The number of hydrogen-bond acceptors (Lipinski definition) is 3. The summed E-state index contributed by atoms with van der Waals surface area (Å²) in [4.78, 5) is 9.73. The molecule has 0 radical (unpaired) electrons. The number of nitrogens with zero attached hydrogens (tertiary/aromatic N) is 1. The van der Waals surface area contributed by atoms with E-state index < -0.39 is 10.7 Å². The monoisotopic (exact) mass is 196 g/mol. The van der Waals surface area contributed by atoms with Crippen LogP contribution in [-0.2, 0) is 0 Å². The second-order valence-corrected chi connectivity index (χ2v) is 2.64. The van der Waals surface area contributed by atoms with Crippen LogP contribution < -0.4 is 5.73 Å². The van der Waals surface area contributed by atoms with Gasteiger partial charge in [0, 0.05) is 12.6 Å². The molecule has 2 N–H and O–H groups in total. The van der Waals surface area contributed by atoms with Crippen molar-refractivity contribution in [1.82, 2.24) is 0 Å². The van der Waals surface area contributed by atoms with E-state index in [4.69, 9.17) is 5.73 Å². The van der Waals surface area contributed by atoms with E-state index in [1.54, 1.807) is 6.08 Å². The van der Waals surface area contributed by atoms with E-state index in [1.807, 2.05) is 0 Å². The van der Waals surface area contributed by atoms with E-state index in [0.717, 1.165) is 6.07 Å². The van der Waals surface area contributed by atoms with Crippen molar-refractivity contribution in [3.8, 4) is 0 Å². The minimum absolute atomic E-state index is 0.262. The molecule has 0 aliphatic rings. The quantitative estimate of drug-likeness (QED) is 0.591. The summed E-state index contributed by atoms with van der Waals surface area (Å²) in [5, 5.41) is 10.4. The van der Waals surface area contributed by atoms with E-state index >= 15 is 0 Å². The van der Waals surface area contributed by atoms with Crippen molar-refractivity contribution in [2.45, 2.75) is 0 Å². The minimum atomic E-state index is -0.636. The zero-order valence-electron chi connectivity index (χ0n) is 7.31. The summed E-state index contributed by atoms with van der Waals surface area (Å²) in [5.74, 6) is -0.629. The summed E-state index contributed by atoms with van der Waals surface area (Å²) in [6.45, 7) is 0.310. The van der Waals surface area contributed by atoms with Crippen molar-refractivity contribution in [2.75, 3.05) is 6.54 Å². The Kier molecular flexibility index (Phi) is 3.30. The standard InChI is InChI=1S/C9H9FN2O2/c10-8-4-7(2-1-3-11)5-9(6-8)12(13)14/h1-2,4-6H,3,11H2. The Morgan fingerprint density at radius 3 is 2.79 bits per heavy atom. The number of nitrogens with two attached hydrogens (primary N) is 1. The van der Waals surface area contributed by atoms with Crippen LogP contribution in [0.4, 0.5) is 10.1 Å². The van der Waals surface area contributed by atoms with Crippen molar-refractivity contribution >= 4 is 11.8 Å². The number of non-ortho nitro benzene ring substituents is 1. The fourth-order valence-electron chi connectivity index (χ4n) is 1.00. The van der Waals surface area contributed by atoms with Gasteiger partial charge in [0.25, 0.3) is 5.69 Å². The van der Waals surface area contributed by atoms with Gasteiger partial charge in [-0.25, -0.2) is 4.39 Å². The SMILES string of the molecule is NCC=Cc1cc(F)cc([N+](=O)[O-])c1. The normalized spacial score (nSPS) is 10.7. The number of halogens is 1. The predicted molar refractivity (Wildman–Crippen MR) is 51.1 cm³/mol. The molecule has 0 aromatic heterocycles. The Labute approximate surface area is 80.0 Å². The number of nitro benzene ring substituents is 1. The molecule has 0 unspecified atom stereocenters. The fourth-order valence-corrected chi connectivity index (χ4v) is 1.00. The summed E-state index contributed by atoms with van der Waals surface area (Å²) in [5.41, 5.74) is 5.37. The van der Waals surface area contributed by atoms with Crippen molar-refractivity contribution in [3.63, 3.8) is 0 Å². The summed E-state index contributed by atoms with van der Waals surface area (Å²) in [7, 11) is 0. The van der Waals surface area contributed by atoms with Gasteiger partial charge in [0.2, 0.25) is 0 Å². The van der Waals surface area contributed by atoms with Crippen LogP contribution in [0.1, 0.15) is 5.56 Å². The molecule has 74 valence electrons. The summed E-state index contributed by atoms with van der Waals surface area (Å²) < 4.78 is 12.8. The molecule has 0 spiro atoms. The van der Waals surface area contributed by atoms with Crippen LogP contribution in [0.15, 0.2) is 24.3 Å². The van der Waals surface area contributed by atoms with Gasteiger partial charge in [-0.05, 0) is 11.6 Å². The van der Waals surface area contributed by atoms with Gasteiger partial charge >= 0.3 is 0 Å². The third kappa shape index (κ3) is 2.63. The number of benzene rings is 1. The largest absolute Gasteiger partial charge is 0.327 e. The summed E-state index contributed by atoms with van der Waals surface area (Å²) in [6, 6.07) is 3.37. The van der Waals surface area contributed by atoms with E-state index in [1.165, 1.54) is 18.2 Å². The van der Waals surface area contributed by atoms with Gasteiger partial charge < -0.3 is 5.73 Å². The summed E-state index contributed by atoms with van der Waals surface area (Å²) >= 11 is 0. The second-order valence-electron chi connectivity index (χ2n) is 2.64. The Bertz CT molecular complexity index is 377. The van der Waals surface area contributed by atoms with Crippen LogP contribution in [-0.4, -0.2) is 11.5 Å². The smallest absolute Gasteiger partial charge is 0.272 e. The predicted octanol–water partition coefficient (Wildman–Crippen LogP) is 1.71. The lowest BCUT2D eigenvalue weighted by atomic mass is 10.2. The lowest BCUT2D eigenvalue weighted by Gasteiger charge is -1.95. The van der Waals surface area contributed by atoms with Crippen molar-refractivity contribution in [2.24, 2.45) is 5.73 Å². The molecule has 4 nitrogen and oxygen atoms in total. The van der Waals surface area contributed by atoms with Gasteiger partial charge in [0.1, 0.15) is 5.82 Å². The molecule has 0 fully saturated rings. The van der Waals surface area contributed by atoms with Crippen LogP contribution in [0.3, 0.4) is 0 Å². The third-order valence-electron chi connectivity index (χ3n) is 1.56. The molecule has 5 heteroatoms. The highest BCUT2D eigenvalue weighted by Crippen LogP contribution is 2.16. The van der Waals surface area contributed by atoms with Gasteiger partial charge in [-0.2, -0.15) is 0 Å². The number of hydrogen-bond donors (Lipinski definition) is 1. The first kappa shape index (κ1) is 10.3. The number of nitro groups is 1. The van der Waals surface area contributed by atoms with Crippen LogP contribution >= 0.6 is 0 Å². The van der Waals surface area contributed by atoms with E-state index in [0.29, 0.717) is 12.1 Å². The van der Waals surface area contributed by atoms with Gasteiger partial charge in [-0.1, -0.05) is 12.2 Å². The molecule has 0 heterocycles. The molecule has 1 rings (SSSR count). The second kappa shape index (κ2) is 4.48. The van der Waals surface area contributed by atoms with Gasteiger partial charge in [0.15, 0.2) is 0 Å². The van der Waals surface area contributed by atoms with Crippen LogP contribution in [0.2, 0.25) is 0 Å². The molecule has 1 aromatic carbocycles. The molecule has 14 heavy (non-hydrogen) atoms. The first-order valence-electron chi connectivity index (χ1n) is 3.95. The highest BCUT2D eigenvalue weighted by molar-refractivity contribution is 5.53. The molecule has 0 atom stereocenters. The van der Waals surface area contributed by atoms with Gasteiger partial charge in [-0.15, -0.1) is 0 Å². The topological polar surface area (TPSA) is 69.2 Å². The Balaban J connectivity index is 3.07. The number of rotatable bonds is 3. The maximum atomic E-state index is 12.8. The molecular formula is C9H9FN2O2. The van der Waals surface area contributed by atoms with E-state index in [-0.39, 0.29) is 5.69 Å². The first-order valence-corrected chi connectivity index (χ1v) is 3.95. The Morgan fingerprint density at radius 1 is 1.50 bits per heavy atom. The van der Waals surface area contributed by atoms with E-state index in [2.05, 4.69) is 0 Å². The highest BCUT2D eigenvalue weighted by Gasteiger charge is 2.07. The average Bonchev–Trinajstić information content (AvgIpc) is 2.14. The molecule has 1 aromatic rings. The maximum Gasteiger partial charge on any atom is 0.272 e. The average molecular weight is 196 g/mol. The molecule has 0 amide bonds. The molecule has 0 saturated carbocycles. The zero-order valence-corrected chi connectivity index (χ0v) is 7.31. The zero-order chi connectivity index (χ0) is 10.6. The van der Waals surface area contributed by atoms with Crippen LogP contribution in [0.5, 0.6) is 0 Å². The van der Waals surface area contributed by atoms with Crippen LogP contribution in [0.25, 0.3) is 6.08 Å². The van der Waals surface area contributed by atoms with Crippen molar-refractivity contribution in [1.29, 1.82) is 0 Å². The Hall–Kier alpha value is -1.75. The first-order chi connectivity index (χ1) is 6.63. The molecule has 0 aliphatic heterocycles. The van der Waals surface area contributed by atoms with Gasteiger partial charge in [0.05, 0.1) is 11.0 Å². The lowest BCUT2D eigenvalue weighted by molar-refractivity contribution is -0.385. The fraction of sp³-hybridized carbons (Fsp3) is 0.111. The van der Waals surface area contributed by atoms with Crippen molar-refractivity contribution in [3.05, 3.63) is 45.8 Å². The minimum Gasteiger partial charge on any atom is -0.327 e. The van der Waals surface area contributed by atoms with E-state index in [9.17, 15) is 14.5 Å². The molecule has 0 aliphatic carbocycles. The van der Waals surface area contributed by atoms with Crippen molar-refractivity contribution < 1.29 is 9.31 Å². The highest BCUT2D eigenvalue weighted by atomic mass is 19.1. The lowest BCUT2D eigenvalue weighted by Crippen LogP contribution is -1.93. The van der Waals surface area contributed by atoms with Gasteiger partial charge in [-0.3, -0.25) is 10.1 Å². The molecule has 0 bridgehead atoms. The Morgan fingerprint density at radius 2 is 2.21 bits per heavy atom. The van der Waals surface area contributed by atoms with Crippen LogP contribution in [0, 0.1) is 15.9 Å². The maximum absolute atomic E-state index is 12.8.